The number of fused-ring (bicyclic) bond motifs is 1. The third-order valence-corrected chi connectivity index (χ3v) is 6.67. The number of nitrogens with one attached hydrogen (secondary N) is 1. The molecule has 1 aliphatic heterocycles. The van der Waals surface area contributed by atoms with Crippen molar-refractivity contribution in [2.45, 2.75) is 49.8 Å². The van der Waals surface area contributed by atoms with Gasteiger partial charge in [0.25, 0.3) is 0 Å². The summed E-state index contributed by atoms with van der Waals surface area (Å²) in [6, 6.07) is 13.8. The highest BCUT2D eigenvalue weighted by molar-refractivity contribution is 7.80. The second-order valence-corrected chi connectivity index (χ2v) is 8.79. The smallest absolute Gasteiger partial charge is 0.220 e. The summed E-state index contributed by atoms with van der Waals surface area (Å²) in [7, 11) is 0. The number of primary amides is 1. The Balaban J connectivity index is 1.42. The molecule has 0 bridgehead atoms. The first kappa shape index (κ1) is 18.5. The van der Waals surface area contributed by atoms with E-state index in [2.05, 4.69) is 59.2 Å². The Morgan fingerprint density at radius 2 is 1.63 bits per heavy atom. The van der Waals surface area contributed by atoms with Crippen molar-refractivity contribution >= 4 is 40.7 Å². The minimum absolute atomic E-state index is 0.0608. The highest BCUT2D eigenvalue weighted by Gasteiger charge is 2.24. The van der Waals surface area contributed by atoms with Crippen LogP contribution in [-0.2, 0) is 4.79 Å². The number of carbonyl (C=O) groups is 1. The Bertz CT molecular complexity index is 808. The highest BCUT2D eigenvalue weighted by atomic mass is 32.1. The van der Waals surface area contributed by atoms with Gasteiger partial charge in [-0.2, -0.15) is 12.6 Å². The Kier molecular flexibility index (Phi) is 5.48. The van der Waals surface area contributed by atoms with Gasteiger partial charge in [-0.15, -0.1) is 0 Å². The van der Waals surface area contributed by atoms with E-state index in [-0.39, 0.29) is 11.8 Å². The van der Waals surface area contributed by atoms with E-state index in [0.717, 1.165) is 57.3 Å². The number of carbonyl (C=O) groups excluding carboxylic acids is 1. The molecule has 4 nitrogen and oxygen atoms in total. The van der Waals surface area contributed by atoms with Crippen molar-refractivity contribution in [1.29, 1.82) is 0 Å². The van der Waals surface area contributed by atoms with Gasteiger partial charge in [0.15, 0.2) is 0 Å². The van der Waals surface area contributed by atoms with Crippen molar-refractivity contribution in [3.8, 4) is 0 Å². The first-order chi connectivity index (χ1) is 13.1. The molecule has 2 aromatic carbocycles. The molecule has 0 aromatic heterocycles. The Morgan fingerprint density at radius 1 is 0.963 bits per heavy atom. The van der Waals surface area contributed by atoms with Crippen LogP contribution >= 0.6 is 12.6 Å². The fourth-order valence-corrected chi connectivity index (χ4v) is 4.63. The van der Waals surface area contributed by atoms with Crippen LogP contribution in [0.3, 0.4) is 0 Å². The number of amides is 1. The van der Waals surface area contributed by atoms with Crippen molar-refractivity contribution in [3.05, 3.63) is 36.4 Å². The van der Waals surface area contributed by atoms with Gasteiger partial charge in [-0.3, -0.25) is 4.79 Å². The molecule has 0 atom stereocenters. The number of rotatable bonds is 4. The van der Waals surface area contributed by atoms with Crippen molar-refractivity contribution < 1.29 is 4.79 Å². The number of benzene rings is 2. The predicted molar refractivity (Wildman–Crippen MR) is 117 cm³/mol. The highest BCUT2D eigenvalue weighted by Crippen LogP contribution is 2.30. The molecule has 3 N–H and O–H groups in total. The summed E-state index contributed by atoms with van der Waals surface area (Å²) in [6.45, 7) is 2.18. The first-order valence-corrected chi connectivity index (χ1v) is 10.6. The minimum Gasteiger partial charge on any atom is -0.382 e. The molecule has 0 radical (unpaired) electrons. The van der Waals surface area contributed by atoms with Gasteiger partial charge in [0, 0.05) is 41.7 Å². The van der Waals surface area contributed by atoms with Gasteiger partial charge in [0.2, 0.25) is 5.91 Å². The van der Waals surface area contributed by atoms with Crippen LogP contribution in [0, 0.1) is 5.92 Å². The van der Waals surface area contributed by atoms with Gasteiger partial charge in [-0.1, -0.05) is 12.1 Å². The Hall–Kier alpha value is -1.88. The van der Waals surface area contributed by atoms with E-state index in [9.17, 15) is 4.79 Å². The Morgan fingerprint density at radius 3 is 2.33 bits per heavy atom. The van der Waals surface area contributed by atoms with E-state index in [0.29, 0.717) is 11.3 Å². The van der Waals surface area contributed by atoms with Gasteiger partial charge in [-0.25, -0.2) is 0 Å². The second kappa shape index (κ2) is 8.01. The first-order valence-electron chi connectivity index (χ1n) is 10.1. The lowest BCUT2D eigenvalue weighted by Crippen LogP contribution is -2.33. The molecule has 2 fully saturated rings. The normalized spacial score (nSPS) is 24.1. The van der Waals surface area contributed by atoms with Gasteiger partial charge < -0.3 is 16.0 Å². The maximum Gasteiger partial charge on any atom is 0.220 e. The number of piperidine rings is 1. The molecule has 5 heteroatoms. The van der Waals surface area contributed by atoms with Crippen molar-refractivity contribution in [3.63, 3.8) is 0 Å². The van der Waals surface area contributed by atoms with Gasteiger partial charge in [0.1, 0.15) is 0 Å². The number of nitrogens with two attached hydrogens (primary N) is 1. The number of nitrogens with zero attached hydrogens (tertiary/aromatic N) is 1. The molecule has 1 aliphatic carbocycles. The second-order valence-electron chi connectivity index (χ2n) is 8.06. The van der Waals surface area contributed by atoms with Crippen LogP contribution in [0.4, 0.5) is 11.4 Å². The lowest BCUT2D eigenvalue weighted by molar-refractivity contribution is -0.122. The number of thiol groups is 1. The summed E-state index contributed by atoms with van der Waals surface area (Å²) < 4.78 is 0. The monoisotopic (exact) mass is 383 g/mol. The van der Waals surface area contributed by atoms with Gasteiger partial charge >= 0.3 is 0 Å². The van der Waals surface area contributed by atoms with E-state index in [4.69, 9.17) is 5.73 Å². The summed E-state index contributed by atoms with van der Waals surface area (Å²) in [6.07, 6.45) is 6.11. The zero-order valence-corrected chi connectivity index (χ0v) is 16.6. The van der Waals surface area contributed by atoms with E-state index < -0.39 is 0 Å². The molecule has 0 spiro atoms. The fraction of sp³-hybridized carbons (Fsp3) is 0.500. The van der Waals surface area contributed by atoms with Crippen molar-refractivity contribution in [1.82, 2.24) is 0 Å². The zero-order valence-electron chi connectivity index (χ0n) is 15.7. The molecule has 1 saturated heterocycles. The molecule has 0 unspecified atom stereocenters. The summed E-state index contributed by atoms with van der Waals surface area (Å²) in [4.78, 5) is 13.8. The molecule has 1 heterocycles. The molecule has 27 heavy (non-hydrogen) atoms. The average molecular weight is 384 g/mol. The van der Waals surface area contributed by atoms with Crippen LogP contribution in [0.2, 0.25) is 0 Å². The van der Waals surface area contributed by atoms with Gasteiger partial charge in [-0.05, 0) is 73.6 Å². The third kappa shape index (κ3) is 4.34. The number of anilines is 2. The summed E-state index contributed by atoms with van der Waals surface area (Å²) >= 11 is 4.60. The maximum absolute atomic E-state index is 11.3. The fourth-order valence-electron chi connectivity index (χ4n) is 4.40. The van der Waals surface area contributed by atoms with E-state index in [1.807, 2.05) is 0 Å². The largest absolute Gasteiger partial charge is 0.382 e. The van der Waals surface area contributed by atoms with Crippen LogP contribution in [0.25, 0.3) is 10.8 Å². The molecule has 1 amide bonds. The van der Waals surface area contributed by atoms with E-state index in [1.54, 1.807) is 0 Å². The van der Waals surface area contributed by atoms with Crippen LogP contribution in [0.5, 0.6) is 0 Å². The molecule has 2 aromatic rings. The molecular formula is C22H29N3OS. The van der Waals surface area contributed by atoms with Crippen LogP contribution in [0.1, 0.15) is 38.5 Å². The quantitative estimate of drug-likeness (QED) is 0.694. The van der Waals surface area contributed by atoms with E-state index in [1.165, 1.54) is 16.5 Å². The predicted octanol–water partition coefficient (Wildman–Crippen LogP) is 4.19. The number of hydrogen-bond acceptors (Lipinski definition) is 4. The van der Waals surface area contributed by atoms with Gasteiger partial charge in [0.05, 0.1) is 0 Å². The zero-order chi connectivity index (χ0) is 18.8. The van der Waals surface area contributed by atoms with Crippen molar-refractivity contribution in [2.75, 3.05) is 23.3 Å². The van der Waals surface area contributed by atoms with Crippen LogP contribution in [0.15, 0.2) is 36.4 Å². The SMILES string of the molecule is NC(=O)C1CCC(Nc2ccc3cc(N4CCC(S)CC4)ccc3c2)CC1. The molecule has 4 rings (SSSR count). The topological polar surface area (TPSA) is 58.4 Å². The summed E-state index contributed by atoms with van der Waals surface area (Å²) in [5.41, 5.74) is 7.91. The summed E-state index contributed by atoms with van der Waals surface area (Å²) in [5.74, 6) is -0.0840. The van der Waals surface area contributed by atoms with E-state index >= 15 is 0 Å². The standard InChI is InChI=1S/C22H29N3OS/c23-22(26)15-1-5-18(6-2-15)24-19-7-3-17-14-20(8-4-16(17)13-19)25-11-9-21(27)10-12-25/h3-4,7-8,13-15,18,21,24,27H,1-2,5-6,9-12H2,(H2,23,26). The summed E-state index contributed by atoms with van der Waals surface area (Å²) in [5, 5.41) is 6.74. The lowest BCUT2D eigenvalue weighted by Gasteiger charge is -2.32. The molecule has 144 valence electrons. The van der Waals surface area contributed by atoms with Crippen molar-refractivity contribution in [2.24, 2.45) is 11.7 Å². The van der Waals surface area contributed by atoms with Crippen LogP contribution < -0.4 is 16.0 Å². The molecule has 1 saturated carbocycles. The average Bonchev–Trinajstić information content (AvgIpc) is 2.68. The Labute approximate surface area is 166 Å². The maximum atomic E-state index is 11.3. The number of hydrogen-bond donors (Lipinski definition) is 3. The third-order valence-electron chi connectivity index (χ3n) is 6.15. The minimum atomic E-state index is -0.145. The molecule has 2 aliphatic rings. The van der Waals surface area contributed by atoms with Crippen LogP contribution in [-0.4, -0.2) is 30.3 Å². The lowest BCUT2D eigenvalue weighted by atomic mass is 9.85. The molecular weight excluding hydrogens is 354 g/mol.